The quantitative estimate of drug-likeness (QED) is 0.925. The third-order valence-corrected chi connectivity index (χ3v) is 3.69. The first-order valence-corrected chi connectivity index (χ1v) is 7.41. The molecule has 1 amide bonds. The number of nitrogens with zero attached hydrogens (tertiary/aromatic N) is 1. The van der Waals surface area contributed by atoms with Crippen molar-refractivity contribution in [2.24, 2.45) is 0 Å². The second-order valence-corrected chi connectivity index (χ2v) is 5.38. The zero-order valence-electron chi connectivity index (χ0n) is 13.2. The van der Waals surface area contributed by atoms with Gasteiger partial charge in [0.25, 0.3) is 5.56 Å². The molecule has 4 nitrogen and oxygen atoms in total. The lowest BCUT2D eigenvalue weighted by Crippen LogP contribution is -2.31. The fraction of sp³-hybridized carbons (Fsp3) is 0.294. The molecule has 0 saturated carbocycles. The second kappa shape index (κ2) is 6.90. The van der Waals surface area contributed by atoms with Gasteiger partial charge in [0.2, 0.25) is 5.91 Å². The summed E-state index contributed by atoms with van der Waals surface area (Å²) in [6, 6.07) is 7.53. The van der Waals surface area contributed by atoms with Crippen molar-refractivity contribution >= 4 is 11.6 Å². The van der Waals surface area contributed by atoms with E-state index in [0.29, 0.717) is 18.0 Å². The number of alkyl halides is 3. The van der Waals surface area contributed by atoms with Gasteiger partial charge in [-0.3, -0.25) is 9.59 Å². The van der Waals surface area contributed by atoms with Gasteiger partial charge in [-0.15, -0.1) is 0 Å². The summed E-state index contributed by atoms with van der Waals surface area (Å²) in [6.45, 7) is 3.37. The molecule has 128 valence electrons. The van der Waals surface area contributed by atoms with Crippen LogP contribution in [-0.4, -0.2) is 10.5 Å². The first kappa shape index (κ1) is 17.8. The topological polar surface area (TPSA) is 51.1 Å². The molecule has 0 aliphatic rings. The maximum atomic E-state index is 12.8. The van der Waals surface area contributed by atoms with Crippen LogP contribution in [0.4, 0.5) is 18.9 Å². The zero-order chi connectivity index (χ0) is 17.9. The van der Waals surface area contributed by atoms with Crippen molar-refractivity contribution in [1.82, 2.24) is 4.57 Å². The van der Waals surface area contributed by atoms with Gasteiger partial charge >= 0.3 is 6.18 Å². The molecule has 24 heavy (non-hydrogen) atoms. The minimum absolute atomic E-state index is 0.518. The summed E-state index contributed by atoms with van der Waals surface area (Å²) < 4.78 is 39.1. The summed E-state index contributed by atoms with van der Waals surface area (Å²) >= 11 is 0. The summed E-state index contributed by atoms with van der Waals surface area (Å²) in [5, 5.41) is 2.60. The average molecular weight is 338 g/mol. The van der Waals surface area contributed by atoms with Crippen LogP contribution in [0.3, 0.4) is 0 Å². The van der Waals surface area contributed by atoms with E-state index in [-0.39, 0.29) is 0 Å². The number of nitrogens with one attached hydrogen (secondary N) is 1. The summed E-state index contributed by atoms with van der Waals surface area (Å²) in [7, 11) is 0. The van der Waals surface area contributed by atoms with Gasteiger partial charge in [-0.1, -0.05) is 19.1 Å². The number of carbonyl (C=O) groups is 1. The normalized spacial score (nSPS) is 12.7. The highest BCUT2D eigenvalue weighted by molar-refractivity contribution is 5.93. The predicted molar refractivity (Wildman–Crippen MR) is 84.9 cm³/mol. The van der Waals surface area contributed by atoms with Crippen molar-refractivity contribution in [3.63, 3.8) is 0 Å². The van der Waals surface area contributed by atoms with E-state index in [1.165, 1.54) is 6.92 Å². The molecule has 0 saturated heterocycles. The highest BCUT2D eigenvalue weighted by Gasteiger charge is 2.32. The van der Waals surface area contributed by atoms with E-state index in [0.717, 1.165) is 22.6 Å². The maximum Gasteiger partial charge on any atom is 0.417 e. The van der Waals surface area contributed by atoms with Gasteiger partial charge in [0, 0.05) is 18.0 Å². The predicted octanol–water partition coefficient (Wildman–Crippen LogP) is 3.63. The summed E-state index contributed by atoms with van der Waals surface area (Å²) in [6.07, 6.45) is -3.07. The minimum Gasteiger partial charge on any atom is -0.324 e. The molecule has 1 aromatic heterocycles. The van der Waals surface area contributed by atoms with Gasteiger partial charge < -0.3 is 9.88 Å². The van der Waals surface area contributed by atoms with Crippen LogP contribution in [0.25, 0.3) is 0 Å². The monoisotopic (exact) mass is 338 g/mol. The fourth-order valence-corrected chi connectivity index (χ4v) is 2.17. The van der Waals surface area contributed by atoms with Crippen molar-refractivity contribution in [2.75, 3.05) is 5.32 Å². The molecule has 2 rings (SSSR count). The third-order valence-electron chi connectivity index (χ3n) is 3.69. The highest BCUT2D eigenvalue weighted by atomic mass is 19.4. The molecule has 0 fully saturated rings. The first-order valence-electron chi connectivity index (χ1n) is 7.41. The Balaban J connectivity index is 2.22. The number of halogens is 3. The van der Waals surface area contributed by atoms with E-state index in [1.54, 1.807) is 12.1 Å². The van der Waals surface area contributed by atoms with Crippen LogP contribution < -0.4 is 10.9 Å². The average Bonchev–Trinajstić information content (AvgIpc) is 2.54. The molecule has 2 aromatic rings. The zero-order valence-corrected chi connectivity index (χ0v) is 13.2. The first-order chi connectivity index (χ1) is 11.2. The van der Waals surface area contributed by atoms with Crippen LogP contribution in [0, 0.1) is 0 Å². The molecule has 0 aliphatic carbocycles. The Kier molecular flexibility index (Phi) is 5.11. The second-order valence-electron chi connectivity index (χ2n) is 5.38. The molecular weight excluding hydrogens is 321 g/mol. The number of amides is 1. The number of anilines is 1. The van der Waals surface area contributed by atoms with E-state index >= 15 is 0 Å². The fourth-order valence-electron chi connectivity index (χ4n) is 2.17. The Morgan fingerprint density at radius 3 is 2.33 bits per heavy atom. The molecule has 1 N–H and O–H groups in total. The number of aryl methyl sites for hydroxylation is 1. The van der Waals surface area contributed by atoms with Gasteiger partial charge in [-0.2, -0.15) is 13.2 Å². The molecule has 0 aliphatic heterocycles. The minimum atomic E-state index is -4.58. The molecule has 0 bridgehead atoms. The summed E-state index contributed by atoms with van der Waals surface area (Å²) in [5.74, 6) is -0.569. The van der Waals surface area contributed by atoms with Gasteiger partial charge in [-0.25, -0.2) is 0 Å². The van der Waals surface area contributed by atoms with Crippen LogP contribution in [0.1, 0.15) is 31.0 Å². The van der Waals surface area contributed by atoms with Gasteiger partial charge in [0.05, 0.1) is 5.56 Å². The maximum absolute atomic E-state index is 12.8. The van der Waals surface area contributed by atoms with Crippen molar-refractivity contribution in [3.8, 4) is 0 Å². The molecule has 1 atom stereocenters. The molecular formula is C17H17F3N2O2. The Bertz CT molecular complexity index is 780. The van der Waals surface area contributed by atoms with Crippen LogP contribution in [-0.2, 0) is 17.4 Å². The number of hydrogen-bond acceptors (Lipinski definition) is 2. The van der Waals surface area contributed by atoms with Gasteiger partial charge in [-0.05, 0) is 37.1 Å². The van der Waals surface area contributed by atoms with Gasteiger partial charge in [0.15, 0.2) is 0 Å². The summed E-state index contributed by atoms with van der Waals surface area (Å²) in [5.41, 5.74) is -0.0414. The van der Waals surface area contributed by atoms with Crippen molar-refractivity contribution in [3.05, 3.63) is 64.1 Å². The Morgan fingerprint density at radius 2 is 1.79 bits per heavy atom. The van der Waals surface area contributed by atoms with Crippen LogP contribution in [0.2, 0.25) is 0 Å². The molecule has 1 heterocycles. The molecule has 0 spiro atoms. The Morgan fingerprint density at radius 1 is 1.17 bits per heavy atom. The van der Waals surface area contributed by atoms with Gasteiger partial charge in [0.1, 0.15) is 6.04 Å². The largest absolute Gasteiger partial charge is 0.417 e. The third kappa shape index (κ3) is 4.04. The lowest BCUT2D eigenvalue weighted by Gasteiger charge is -2.17. The molecule has 0 unspecified atom stereocenters. The number of carbonyl (C=O) groups excluding carboxylic acids is 1. The van der Waals surface area contributed by atoms with E-state index in [2.05, 4.69) is 5.32 Å². The lowest BCUT2D eigenvalue weighted by molar-refractivity contribution is -0.138. The van der Waals surface area contributed by atoms with E-state index in [4.69, 9.17) is 0 Å². The highest BCUT2D eigenvalue weighted by Crippen LogP contribution is 2.28. The molecule has 7 heteroatoms. The van der Waals surface area contributed by atoms with E-state index < -0.39 is 29.2 Å². The Labute approximate surface area is 136 Å². The van der Waals surface area contributed by atoms with Crippen LogP contribution in [0.15, 0.2) is 47.4 Å². The number of aromatic nitrogens is 1. The molecule has 1 aromatic carbocycles. The van der Waals surface area contributed by atoms with Crippen molar-refractivity contribution in [1.29, 1.82) is 0 Å². The van der Waals surface area contributed by atoms with Crippen LogP contribution in [0.5, 0.6) is 0 Å². The number of hydrogen-bond donors (Lipinski definition) is 1. The van der Waals surface area contributed by atoms with Crippen molar-refractivity contribution < 1.29 is 18.0 Å². The van der Waals surface area contributed by atoms with Crippen LogP contribution >= 0.6 is 0 Å². The van der Waals surface area contributed by atoms with Crippen molar-refractivity contribution in [2.45, 2.75) is 32.5 Å². The summed E-state index contributed by atoms with van der Waals surface area (Å²) in [4.78, 5) is 24.0. The van der Waals surface area contributed by atoms with E-state index in [9.17, 15) is 22.8 Å². The lowest BCUT2D eigenvalue weighted by atomic mass is 10.1. The SMILES string of the molecule is CCc1ccc(NC(=O)[C@@H](C)n2cc(C(F)(F)F)ccc2=O)cc1. The Hall–Kier alpha value is -2.57. The number of rotatable bonds is 4. The number of benzene rings is 1. The standard InChI is InChI=1S/C17H17F3N2O2/c1-3-12-4-7-14(8-5-12)21-16(24)11(2)22-10-13(17(18,19)20)6-9-15(22)23/h4-11H,3H2,1-2H3,(H,21,24)/t11-/m1/s1. The van der Waals surface area contributed by atoms with E-state index in [1.807, 2.05) is 19.1 Å². The molecule has 0 radical (unpaired) electrons. The number of pyridine rings is 1. The smallest absolute Gasteiger partial charge is 0.324 e.